The van der Waals surface area contributed by atoms with Crippen molar-refractivity contribution in [1.82, 2.24) is 0 Å². The van der Waals surface area contributed by atoms with Gasteiger partial charge in [0.25, 0.3) is 6.47 Å². The summed E-state index contributed by atoms with van der Waals surface area (Å²) in [6.07, 6.45) is 6.18. The molecule has 0 radical (unpaired) electrons. The molecule has 0 heterocycles. The van der Waals surface area contributed by atoms with E-state index in [9.17, 15) is 4.79 Å². The van der Waals surface area contributed by atoms with Gasteiger partial charge in [0.15, 0.2) is 0 Å². The van der Waals surface area contributed by atoms with Gasteiger partial charge in [0.1, 0.15) is 6.10 Å². The molecule has 0 spiro atoms. The van der Waals surface area contributed by atoms with Crippen molar-refractivity contribution in [3.05, 3.63) is 0 Å². The minimum absolute atomic E-state index is 0.166. The quantitative estimate of drug-likeness (QED) is 0.654. The molecule has 15 heavy (non-hydrogen) atoms. The van der Waals surface area contributed by atoms with Gasteiger partial charge in [0.2, 0.25) is 0 Å². The van der Waals surface area contributed by atoms with Crippen LogP contribution in [0.2, 0.25) is 0 Å². The third kappa shape index (κ3) is 2.19. The Morgan fingerprint density at radius 2 is 1.67 bits per heavy atom. The molecule has 2 rings (SSSR count). The molecule has 0 aromatic heterocycles. The molecular formula is C13H22O2. The Kier molecular flexibility index (Phi) is 2.56. The summed E-state index contributed by atoms with van der Waals surface area (Å²) >= 11 is 0. The van der Waals surface area contributed by atoms with Crippen molar-refractivity contribution in [1.29, 1.82) is 0 Å². The molecule has 2 fully saturated rings. The van der Waals surface area contributed by atoms with E-state index in [2.05, 4.69) is 20.8 Å². The van der Waals surface area contributed by atoms with E-state index in [1.807, 2.05) is 0 Å². The Morgan fingerprint density at radius 3 is 2.13 bits per heavy atom. The van der Waals surface area contributed by atoms with Crippen LogP contribution in [-0.2, 0) is 9.53 Å². The summed E-state index contributed by atoms with van der Waals surface area (Å²) in [6.45, 7) is 7.71. The Hall–Kier alpha value is -0.530. The fraction of sp³-hybridized carbons (Fsp3) is 0.923. The topological polar surface area (TPSA) is 26.3 Å². The van der Waals surface area contributed by atoms with Crippen molar-refractivity contribution in [2.24, 2.45) is 16.7 Å². The van der Waals surface area contributed by atoms with Crippen molar-refractivity contribution in [3.63, 3.8) is 0 Å². The lowest BCUT2D eigenvalue weighted by Gasteiger charge is -2.53. The van der Waals surface area contributed by atoms with Gasteiger partial charge in [-0.25, -0.2) is 0 Å². The largest absolute Gasteiger partial charge is 0.465 e. The lowest BCUT2D eigenvalue weighted by molar-refractivity contribution is -0.144. The second kappa shape index (κ2) is 3.50. The van der Waals surface area contributed by atoms with Crippen molar-refractivity contribution < 1.29 is 9.53 Å². The Morgan fingerprint density at radius 1 is 1.13 bits per heavy atom. The second-order valence-electron chi connectivity index (χ2n) is 6.57. The lowest BCUT2D eigenvalue weighted by Crippen LogP contribution is -2.46. The van der Waals surface area contributed by atoms with Gasteiger partial charge in [-0.2, -0.15) is 0 Å². The standard InChI is InChI=1S/C13H22O2/c1-10-4-12(2)6-11(15-9-14)7-13(3,5-10)8-12/h9-11H,4-8H2,1-3H3. The predicted molar refractivity (Wildman–Crippen MR) is 59.4 cm³/mol. The molecule has 0 N–H and O–H groups in total. The van der Waals surface area contributed by atoms with Gasteiger partial charge in [0.05, 0.1) is 0 Å². The van der Waals surface area contributed by atoms with Gasteiger partial charge in [-0.15, -0.1) is 0 Å². The van der Waals surface area contributed by atoms with E-state index in [0.717, 1.165) is 18.8 Å². The summed E-state index contributed by atoms with van der Waals surface area (Å²) in [4.78, 5) is 10.4. The van der Waals surface area contributed by atoms with Crippen LogP contribution < -0.4 is 0 Å². The maximum absolute atomic E-state index is 10.4. The van der Waals surface area contributed by atoms with Crippen LogP contribution in [0.5, 0.6) is 0 Å². The minimum atomic E-state index is 0.166. The van der Waals surface area contributed by atoms with Crippen LogP contribution in [0.15, 0.2) is 0 Å². The molecule has 0 saturated heterocycles. The molecule has 86 valence electrons. The number of hydrogen-bond donors (Lipinski definition) is 0. The summed E-state index contributed by atoms with van der Waals surface area (Å²) in [5.41, 5.74) is 0.802. The van der Waals surface area contributed by atoms with Crippen LogP contribution in [-0.4, -0.2) is 12.6 Å². The third-order valence-corrected chi connectivity index (χ3v) is 4.23. The first kappa shape index (κ1) is 11.0. The van der Waals surface area contributed by atoms with E-state index in [-0.39, 0.29) is 6.10 Å². The smallest absolute Gasteiger partial charge is 0.293 e. The average molecular weight is 210 g/mol. The normalized spacial score (nSPS) is 49.8. The molecule has 0 amide bonds. The first-order valence-electron chi connectivity index (χ1n) is 6.04. The van der Waals surface area contributed by atoms with Crippen molar-refractivity contribution in [2.45, 2.75) is 59.0 Å². The van der Waals surface area contributed by atoms with Gasteiger partial charge < -0.3 is 4.74 Å². The number of carbonyl (C=O) groups excluding carboxylic acids is 1. The maximum atomic E-state index is 10.4. The van der Waals surface area contributed by atoms with E-state index in [1.165, 1.54) is 19.3 Å². The molecule has 2 saturated carbocycles. The molecule has 0 aliphatic heterocycles. The number of carbonyl (C=O) groups is 1. The zero-order valence-corrected chi connectivity index (χ0v) is 10.1. The van der Waals surface area contributed by atoms with E-state index >= 15 is 0 Å². The second-order valence-corrected chi connectivity index (χ2v) is 6.57. The highest BCUT2D eigenvalue weighted by Gasteiger charge is 2.48. The van der Waals surface area contributed by atoms with Crippen LogP contribution in [0.4, 0.5) is 0 Å². The summed E-state index contributed by atoms with van der Waals surface area (Å²) in [5, 5.41) is 0. The molecule has 0 aromatic rings. The average Bonchev–Trinajstić information content (AvgIpc) is 1.96. The minimum Gasteiger partial charge on any atom is -0.465 e. The van der Waals surface area contributed by atoms with Gasteiger partial charge in [-0.3, -0.25) is 4.79 Å². The van der Waals surface area contributed by atoms with Gasteiger partial charge >= 0.3 is 0 Å². The first-order chi connectivity index (χ1) is 6.95. The summed E-state index contributed by atoms with van der Waals surface area (Å²) in [7, 11) is 0. The molecule has 2 nitrogen and oxygen atoms in total. The zero-order valence-electron chi connectivity index (χ0n) is 10.1. The Bertz CT molecular complexity index is 243. The molecular weight excluding hydrogens is 188 g/mol. The monoisotopic (exact) mass is 210 g/mol. The van der Waals surface area contributed by atoms with E-state index < -0.39 is 0 Å². The van der Waals surface area contributed by atoms with Crippen LogP contribution in [0.3, 0.4) is 0 Å². The van der Waals surface area contributed by atoms with Gasteiger partial charge in [-0.1, -0.05) is 20.8 Å². The SMILES string of the molecule is CC1CC2(C)CC(OC=O)CC(C)(C1)C2. The Balaban J connectivity index is 2.15. The van der Waals surface area contributed by atoms with E-state index in [4.69, 9.17) is 4.74 Å². The lowest BCUT2D eigenvalue weighted by atomic mass is 9.53. The van der Waals surface area contributed by atoms with Crippen LogP contribution in [0, 0.1) is 16.7 Å². The highest BCUT2D eigenvalue weighted by molar-refractivity contribution is 5.37. The molecule has 2 aliphatic rings. The highest BCUT2D eigenvalue weighted by Crippen LogP contribution is 2.57. The molecule has 2 aliphatic carbocycles. The van der Waals surface area contributed by atoms with E-state index in [0.29, 0.717) is 17.3 Å². The fourth-order valence-electron chi connectivity index (χ4n) is 4.59. The van der Waals surface area contributed by atoms with Crippen molar-refractivity contribution in [2.75, 3.05) is 0 Å². The maximum Gasteiger partial charge on any atom is 0.293 e. The first-order valence-corrected chi connectivity index (χ1v) is 6.04. The molecule has 0 aromatic carbocycles. The number of hydrogen-bond acceptors (Lipinski definition) is 2. The van der Waals surface area contributed by atoms with Gasteiger partial charge in [0, 0.05) is 0 Å². The van der Waals surface area contributed by atoms with Gasteiger partial charge in [-0.05, 0) is 48.9 Å². The third-order valence-electron chi connectivity index (χ3n) is 4.23. The number of rotatable bonds is 2. The van der Waals surface area contributed by atoms with Crippen LogP contribution in [0.1, 0.15) is 52.9 Å². The summed E-state index contributed by atoms with van der Waals surface area (Å²) < 4.78 is 5.20. The van der Waals surface area contributed by atoms with Crippen molar-refractivity contribution >= 4 is 6.47 Å². The van der Waals surface area contributed by atoms with Crippen LogP contribution in [0.25, 0.3) is 0 Å². The molecule has 2 unspecified atom stereocenters. The Labute approximate surface area is 92.4 Å². The predicted octanol–water partition coefficient (Wildman–Crippen LogP) is 3.15. The highest BCUT2D eigenvalue weighted by atomic mass is 16.5. The molecule has 2 bridgehead atoms. The summed E-state index contributed by atoms with van der Waals surface area (Å²) in [5.74, 6) is 0.825. The molecule has 2 heteroatoms. The van der Waals surface area contributed by atoms with E-state index in [1.54, 1.807) is 0 Å². The number of fused-ring (bicyclic) bond motifs is 2. The van der Waals surface area contributed by atoms with Crippen LogP contribution >= 0.6 is 0 Å². The zero-order chi connectivity index (χ0) is 11.1. The number of ether oxygens (including phenoxy) is 1. The summed E-state index contributed by atoms with van der Waals surface area (Å²) in [6, 6.07) is 0. The molecule has 2 atom stereocenters. The van der Waals surface area contributed by atoms with Crippen molar-refractivity contribution in [3.8, 4) is 0 Å². The fourth-order valence-corrected chi connectivity index (χ4v) is 4.59.